The molecule has 0 spiro atoms. The smallest absolute Gasteiger partial charge is 0.195 e. The summed E-state index contributed by atoms with van der Waals surface area (Å²) in [4.78, 5) is 25.6. The predicted molar refractivity (Wildman–Crippen MR) is 152 cm³/mol. The number of carbonyl (C=O) groups excluding carboxylic acids is 2. The van der Waals surface area contributed by atoms with Crippen LogP contribution in [-0.4, -0.2) is 11.6 Å². The first-order valence-corrected chi connectivity index (χ1v) is 13.6. The Hall–Kier alpha value is -4.45. The Labute approximate surface area is 237 Å². The van der Waals surface area contributed by atoms with Gasteiger partial charge in [-0.05, 0) is 72.9 Å². The highest BCUT2D eigenvalue weighted by molar-refractivity contribution is 6.10. The number of hydrogen-bond donors (Lipinski definition) is 0. The van der Waals surface area contributed by atoms with Crippen molar-refractivity contribution >= 4 is 11.6 Å². The lowest BCUT2D eigenvalue weighted by atomic mass is 9.86. The highest BCUT2D eigenvalue weighted by Gasteiger charge is 2.36. The SMILES string of the molecule is CCc1cc(F)c(C(=O)C2=CC(c3ccc(F)cc3)CC2c2ccccc2OCc2cccc(C(C)=O)c2)c(F)c1. The summed E-state index contributed by atoms with van der Waals surface area (Å²) in [5.41, 5.74) is 3.01. The van der Waals surface area contributed by atoms with Gasteiger partial charge in [-0.3, -0.25) is 9.59 Å². The van der Waals surface area contributed by atoms with Crippen molar-refractivity contribution in [2.45, 2.75) is 45.1 Å². The van der Waals surface area contributed by atoms with Crippen molar-refractivity contribution in [1.82, 2.24) is 0 Å². The molecule has 2 atom stereocenters. The molecular formula is C35H29F3O3. The van der Waals surface area contributed by atoms with Crippen LogP contribution in [0.3, 0.4) is 0 Å². The van der Waals surface area contributed by atoms with E-state index in [-0.39, 0.29) is 29.7 Å². The van der Waals surface area contributed by atoms with Crippen molar-refractivity contribution in [3.05, 3.63) is 147 Å². The maximum Gasteiger partial charge on any atom is 0.195 e. The van der Waals surface area contributed by atoms with Crippen molar-refractivity contribution < 1.29 is 27.5 Å². The number of para-hydroxylation sites is 1. The molecule has 0 fully saturated rings. The molecule has 5 rings (SSSR count). The molecule has 41 heavy (non-hydrogen) atoms. The zero-order chi connectivity index (χ0) is 29.1. The van der Waals surface area contributed by atoms with Crippen LogP contribution in [-0.2, 0) is 13.0 Å². The molecule has 0 aliphatic heterocycles. The molecule has 0 aromatic heterocycles. The Morgan fingerprint density at radius 2 is 1.56 bits per heavy atom. The second kappa shape index (κ2) is 12.0. The largest absolute Gasteiger partial charge is 0.489 e. The summed E-state index contributed by atoms with van der Waals surface area (Å²) < 4.78 is 50.0. The maximum atomic E-state index is 15.1. The molecule has 0 saturated heterocycles. The van der Waals surface area contributed by atoms with Crippen LogP contribution in [0.4, 0.5) is 13.2 Å². The third kappa shape index (κ3) is 6.02. The number of ether oxygens (including phenoxy) is 1. The molecule has 208 valence electrons. The molecule has 0 heterocycles. The molecule has 0 N–H and O–H groups in total. The van der Waals surface area contributed by atoms with Gasteiger partial charge in [-0.25, -0.2) is 13.2 Å². The molecule has 4 aromatic carbocycles. The molecule has 0 radical (unpaired) electrons. The molecule has 6 heteroatoms. The van der Waals surface area contributed by atoms with E-state index in [9.17, 15) is 14.0 Å². The van der Waals surface area contributed by atoms with Crippen LogP contribution < -0.4 is 4.74 Å². The third-order valence-electron chi connectivity index (χ3n) is 7.57. The van der Waals surface area contributed by atoms with E-state index in [2.05, 4.69) is 0 Å². The van der Waals surface area contributed by atoms with Gasteiger partial charge in [0, 0.05) is 28.5 Å². The predicted octanol–water partition coefficient (Wildman–Crippen LogP) is 8.53. The van der Waals surface area contributed by atoms with E-state index in [4.69, 9.17) is 4.74 Å². The summed E-state index contributed by atoms with van der Waals surface area (Å²) >= 11 is 0. The van der Waals surface area contributed by atoms with E-state index in [0.717, 1.165) is 11.1 Å². The highest BCUT2D eigenvalue weighted by Crippen LogP contribution is 2.47. The molecule has 4 aromatic rings. The van der Waals surface area contributed by atoms with Crippen molar-refractivity contribution in [2.24, 2.45) is 0 Å². The van der Waals surface area contributed by atoms with Gasteiger partial charge in [0.15, 0.2) is 11.6 Å². The minimum atomic E-state index is -0.897. The summed E-state index contributed by atoms with van der Waals surface area (Å²) in [6.07, 6.45) is 2.60. The number of hydrogen-bond acceptors (Lipinski definition) is 3. The third-order valence-corrected chi connectivity index (χ3v) is 7.57. The second-order valence-electron chi connectivity index (χ2n) is 10.3. The first kappa shape index (κ1) is 28.1. The molecular weight excluding hydrogens is 525 g/mol. The maximum absolute atomic E-state index is 15.1. The average molecular weight is 555 g/mol. The van der Waals surface area contributed by atoms with Crippen LogP contribution in [0.5, 0.6) is 5.75 Å². The van der Waals surface area contributed by atoms with Crippen molar-refractivity contribution in [3.63, 3.8) is 0 Å². The number of ketones is 2. The summed E-state index contributed by atoms with van der Waals surface area (Å²) in [6, 6.07) is 22.8. The second-order valence-corrected chi connectivity index (χ2v) is 10.3. The first-order valence-electron chi connectivity index (χ1n) is 13.6. The van der Waals surface area contributed by atoms with E-state index in [1.807, 2.05) is 24.3 Å². The normalized spacial score (nSPS) is 16.4. The average Bonchev–Trinajstić information content (AvgIpc) is 3.41. The van der Waals surface area contributed by atoms with Gasteiger partial charge in [0.2, 0.25) is 0 Å². The molecule has 3 nitrogen and oxygen atoms in total. The van der Waals surface area contributed by atoms with E-state index >= 15 is 8.78 Å². The van der Waals surface area contributed by atoms with Crippen LogP contribution in [0.1, 0.15) is 75.1 Å². The fourth-order valence-electron chi connectivity index (χ4n) is 5.38. The highest BCUT2D eigenvalue weighted by atomic mass is 19.1. The lowest BCUT2D eigenvalue weighted by Gasteiger charge is -2.20. The van der Waals surface area contributed by atoms with E-state index < -0.39 is 28.9 Å². The summed E-state index contributed by atoms with van der Waals surface area (Å²) in [5.74, 6) is -3.23. The zero-order valence-electron chi connectivity index (χ0n) is 22.8. The van der Waals surface area contributed by atoms with Gasteiger partial charge in [0.1, 0.15) is 29.8 Å². The van der Waals surface area contributed by atoms with E-state index in [0.29, 0.717) is 35.3 Å². The lowest BCUT2D eigenvalue weighted by molar-refractivity contribution is 0.101. The monoisotopic (exact) mass is 554 g/mol. The van der Waals surface area contributed by atoms with Crippen LogP contribution in [0.2, 0.25) is 0 Å². The fraction of sp³-hybridized carbons (Fsp3) is 0.200. The van der Waals surface area contributed by atoms with E-state index in [1.165, 1.54) is 31.2 Å². The summed E-state index contributed by atoms with van der Waals surface area (Å²) in [5, 5.41) is 0. The molecule has 1 aliphatic rings. The van der Waals surface area contributed by atoms with Crippen LogP contribution in [0, 0.1) is 17.5 Å². The van der Waals surface area contributed by atoms with Crippen LogP contribution in [0.15, 0.2) is 96.6 Å². The first-order chi connectivity index (χ1) is 19.7. The number of Topliss-reactive ketones (excluding diaryl/α,β-unsaturated/α-hetero) is 2. The molecule has 0 amide bonds. The van der Waals surface area contributed by atoms with Gasteiger partial charge in [0.05, 0.1) is 5.56 Å². The zero-order valence-corrected chi connectivity index (χ0v) is 22.8. The lowest BCUT2D eigenvalue weighted by Crippen LogP contribution is -2.14. The minimum Gasteiger partial charge on any atom is -0.489 e. The number of halogens is 3. The Morgan fingerprint density at radius 1 is 0.854 bits per heavy atom. The van der Waals surface area contributed by atoms with Gasteiger partial charge >= 0.3 is 0 Å². The summed E-state index contributed by atoms with van der Waals surface area (Å²) in [7, 11) is 0. The quantitative estimate of drug-likeness (QED) is 0.195. The van der Waals surface area contributed by atoms with Gasteiger partial charge in [-0.1, -0.05) is 61.5 Å². The fourth-order valence-corrected chi connectivity index (χ4v) is 5.38. The Bertz CT molecular complexity index is 1620. The van der Waals surface area contributed by atoms with Crippen LogP contribution in [0.25, 0.3) is 0 Å². The standard InChI is InChI=1S/C35H29F3O3/c1-3-22-16-31(37)34(32(38)17-22)35(40)30-19-26(24-11-13-27(36)14-12-24)18-29(30)28-9-4-5-10-33(28)41-20-23-7-6-8-25(15-23)21(2)39/h4-17,19,26,29H,3,18,20H2,1-2H3. The van der Waals surface area contributed by atoms with Crippen molar-refractivity contribution in [2.75, 3.05) is 0 Å². The number of carbonyl (C=O) groups is 2. The number of rotatable bonds is 9. The van der Waals surface area contributed by atoms with E-state index in [1.54, 1.807) is 49.4 Å². The number of benzene rings is 4. The summed E-state index contributed by atoms with van der Waals surface area (Å²) in [6.45, 7) is 3.46. The van der Waals surface area contributed by atoms with Crippen molar-refractivity contribution in [1.29, 1.82) is 0 Å². The molecule has 1 aliphatic carbocycles. The van der Waals surface area contributed by atoms with Gasteiger partial charge in [0.25, 0.3) is 0 Å². The van der Waals surface area contributed by atoms with Crippen LogP contribution >= 0.6 is 0 Å². The number of allylic oxidation sites excluding steroid dienone is 2. The van der Waals surface area contributed by atoms with Crippen molar-refractivity contribution in [3.8, 4) is 5.75 Å². The molecule has 0 saturated carbocycles. The Morgan fingerprint density at radius 3 is 2.24 bits per heavy atom. The molecule has 0 bridgehead atoms. The van der Waals surface area contributed by atoms with Gasteiger partial charge < -0.3 is 4.74 Å². The number of aryl methyl sites for hydroxylation is 1. The topological polar surface area (TPSA) is 43.4 Å². The minimum absolute atomic E-state index is 0.0511. The molecule has 2 unspecified atom stereocenters. The van der Waals surface area contributed by atoms with Gasteiger partial charge in [-0.15, -0.1) is 0 Å². The van der Waals surface area contributed by atoms with Gasteiger partial charge in [-0.2, -0.15) is 0 Å². The Kier molecular flexibility index (Phi) is 8.20. The Balaban J connectivity index is 1.52.